The van der Waals surface area contributed by atoms with E-state index in [1.165, 1.54) is 12.0 Å². The van der Waals surface area contributed by atoms with E-state index in [1.54, 1.807) is 48.5 Å². The molecular weight excluding hydrogens is 470 g/mol. The number of aliphatic hydroxyl groups is 1. The van der Waals surface area contributed by atoms with Gasteiger partial charge in [-0.05, 0) is 66.9 Å². The summed E-state index contributed by atoms with van der Waals surface area (Å²) in [4.78, 5) is 40.4. The fourth-order valence-corrected chi connectivity index (χ4v) is 4.24. The monoisotopic (exact) mass is 499 g/mol. The second kappa shape index (κ2) is 10.7. The van der Waals surface area contributed by atoms with Crippen LogP contribution in [0.15, 0.2) is 78.4 Å². The molecule has 1 aliphatic rings. The van der Waals surface area contributed by atoms with Crippen molar-refractivity contribution in [1.29, 1.82) is 0 Å². The molecule has 0 aliphatic carbocycles. The molecule has 7 nitrogen and oxygen atoms in total. The average molecular weight is 500 g/mol. The number of methoxy groups -OCH3 is 1. The number of hydrogen-bond donors (Lipinski definition) is 1. The van der Waals surface area contributed by atoms with Crippen molar-refractivity contribution in [1.82, 2.24) is 0 Å². The molecule has 37 heavy (non-hydrogen) atoms. The van der Waals surface area contributed by atoms with Gasteiger partial charge >= 0.3 is 5.97 Å². The molecular formula is C30H29NO6. The molecule has 190 valence electrons. The van der Waals surface area contributed by atoms with Crippen molar-refractivity contribution in [3.8, 4) is 5.75 Å². The minimum Gasteiger partial charge on any atom is -0.507 e. The van der Waals surface area contributed by atoms with Crippen molar-refractivity contribution in [2.75, 3.05) is 18.6 Å². The van der Waals surface area contributed by atoms with Crippen LogP contribution < -0.4 is 9.64 Å². The number of carbonyl (C=O) groups is 3. The third-order valence-electron chi connectivity index (χ3n) is 6.09. The van der Waals surface area contributed by atoms with Crippen LogP contribution in [0.25, 0.3) is 5.76 Å². The van der Waals surface area contributed by atoms with Crippen LogP contribution in [0.5, 0.6) is 5.75 Å². The summed E-state index contributed by atoms with van der Waals surface area (Å²) in [6, 6.07) is 19.5. The lowest BCUT2D eigenvalue weighted by Gasteiger charge is -2.26. The van der Waals surface area contributed by atoms with Crippen molar-refractivity contribution in [3.63, 3.8) is 0 Å². The number of hydrogen-bond acceptors (Lipinski definition) is 6. The number of ether oxygens (including phenoxy) is 2. The summed E-state index contributed by atoms with van der Waals surface area (Å²) < 4.78 is 10.5. The number of rotatable bonds is 7. The Morgan fingerprint density at radius 3 is 2.22 bits per heavy atom. The van der Waals surface area contributed by atoms with E-state index in [-0.39, 0.29) is 17.3 Å². The second-order valence-electron chi connectivity index (χ2n) is 9.35. The summed E-state index contributed by atoms with van der Waals surface area (Å²) in [7, 11) is 1.54. The smallest absolute Gasteiger partial charge is 0.338 e. The molecule has 0 bridgehead atoms. The van der Waals surface area contributed by atoms with Crippen molar-refractivity contribution in [3.05, 3.63) is 101 Å². The van der Waals surface area contributed by atoms with E-state index in [9.17, 15) is 19.5 Å². The van der Waals surface area contributed by atoms with Gasteiger partial charge in [0.25, 0.3) is 11.7 Å². The molecule has 1 aliphatic heterocycles. The first-order chi connectivity index (χ1) is 17.7. The van der Waals surface area contributed by atoms with Gasteiger partial charge in [-0.1, -0.05) is 43.7 Å². The molecule has 4 rings (SSSR count). The molecule has 1 heterocycles. The number of esters is 1. The van der Waals surface area contributed by atoms with Gasteiger partial charge in [-0.2, -0.15) is 0 Å². The maximum absolute atomic E-state index is 13.3. The summed E-state index contributed by atoms with van der Waals surface area (Å²) in [6.07, 6.45) is 0. The third-order valence-corrected chi connectivity index (χ3v) is 6.09. The lowest BCUT2D eigenvalue weighted by Crippen LogP contribution is -2.29. The standard InChI is InChI=1S/C30H29NO6/c1-18(2)17-37-30(35)21-8-12-23(13-9-21)31-26(22-7-5-6-19(3)16-22)25(28(33)29(31)34)27(32)20-10-14-24(36-4)15-11-20/h5-16,18,26,32H,17H2,1-4H3/b27-25+. The van der Waals surface area contributed by atoms with Crippen molar-refractivity contribution in [2.24, 2.45) is 5.92 Å². The topological polar surface area (TPSA) is 93.1 Å². The van der Waals surface area contributed by atoms with Gasteiger partial charge in [-0.3, -0.25) is 14.5 Å². The fraction of sp³-hybridized carbons (Fsp3) is 0.233. The van der Waals surface area contributed by atoms with Crippen molar-refractivity contribution < 1.29 is 29.0 Å². The number of benzene rings is 3. The van der Waals surface area contributed by atoms with Crippen LogP contribution in [-0.4, -0.2) is 36.5 Å². The summed E-state index contributed by atoms with van der Waals surface area (Å²) in [5, 5.41) is 11.2. The SMILES string of the molecule is COc1ccc(/C(O)=C2\C(=O)C(=O)N(c3ccc(C(=O)OCC(C)C)cc3)C2c2cccc(C)c2)cc1. The summed E-state index contributed by atoms with van der Waals surface area (Å²) >= 11 is 0. The predicted molar refractivity (Wildman–Crippen MR) is 141 cm³/mol. The fourth-order valence-electron chi connectivity index (χ4n) is 4.24. The Labute approximate surface area is 215 Å². The van der Waals surface area contributed by atoms with Gasteiger partial charge in [0.15, 0.2) is 0 Å². The van der Waals surface area contributed by atoms with Crippen molar-refractivity contribution in [2.45, 2.75) is 26.8 Å². The van der Waals surface area contributed by atoms with Gasteiger partial charge in [0.05, 0.1) is 30.9 Å². The Morgan fingerprint density at radius 2 is 1.62 bits per heavy atom. The molecule has 3 aromatic carbocycles. The van der Waals surface area contributed by atoms with Crippen molar-refractivity contribution >= 4 is 29.1 Å². The lowest BCUT2D eigenvalue weighted by molar-refractivity contribution is -0.132. The van der Waals surface area contributed by atoms with Crippen LogP contribution in [0.4, 0.5) is 5.69 Å². The normalized spacial score (nSPS) is 16.8. The second-order valence-corrected chi connectivity index (χ2v) is 9.35. The molecule has 1 atom stereocenters. The van der Waals surface area contributed by atoms with Gasteiger partial charge < -0.3 is 14.6 Å². The van der Waals surface area contributed by atoms with E-state index in [1.807, 2.05) is 45.0 Å². The number of nitrogens with zero attached hydrogens (tertiary/aromatic N) is 1. The minimum atomic E-state index is -0.860. The molecule has 0 aromatic heterocycles. The third kappa shape index (κ3) is 5.26. The molecule has 3 aromatic rings. The zero-order valence-electron chi connectivity index (χ0n) is 21.2. The highest BCUT2D eigenvalue weighted by atomic mass is 16.5. The van der Waals surface area contributed by atoms with E-state index in [4.69, 9.17) is 9.47 Å². The Bertz CT molecular complexity index is 1360. The first-order valence-corrected chi connectivity index (χ1v) is 12.0. The molecule has 0 saturated carbocycles. The molecule has 1 saturated heterocycles. The van der Waals surface area contributed by atoms with E-state index in [2.05, 4.69) is 0 Å². The van der Waals surface area contributed by atoms with E-state index in [0.29, 0.717) is 34.7 Å². The zero-order chi connectivity index (χ0) is 26.7. The Balaban J connectivity index is 1.79. The number of aryl methyl sites for hydroxylation is 1. The van der Waals surface area contributed by atoms with Crippen LogP contribution >= 0.6 is 0 Å². The number of aliphatic hydroxyl groups excluding tert-OH is 1. The van der Waals surface area contributed by atoms with Crippen LogP contribution in [-0.2, 0) is 14.3 Å². The molecule has 0 radical (unpaired) electrons. The maximum Gasteiger partial charge on any atom is 0.338 e. The Kier molecular flexibility index (Phi) is 7.43. The maximum atomic E-state index is 13.3. The van der Waals surface area contributed by atoms with Gasteiger partial charge in [0.2, 0.25) is 0 Å². The lowest BCUT2D eigenvalue weighted by atomic mass is 9.94. The number of anilines is 1. The quantitative estimate of drug-likeness (QED) is 0.201. The van der Waals surface area contributed by atoms with Gasteiger partial charge in [0, 0.05) is 11.3 Å². The van der Waals surface area contributed by atoms with Gasteiger partial charge in [0.1, 0.15) is 11.5 Å². The van der Waals surface area contributed by atoms with E-state index >= 15 is 0 Å². The van der Waals surface area contributed by atoms with Crippen LogP contribution in [0.3, 0.4) is 0 Å². The molecule has 1 amide bonds. The highest BCUT2D eigenvalue weighted by Crippen LogP contribution is 2.42. The number of amides is 1. The molecule has 1 N–H and O–H groups in total. The Hall–Kier alpha value is -4.39. The molecule has 1 fully saturated rings. The summed E-state index contributed by atoms with van der Waals surface area (Å²) in [5.74, 6) is -1.49. The highest BCUT2D eigenvalue weighted by molar-refractivity contribution is 6.51. The zero-order valence-corrected chi connectivity index (χ0v) is 21.2. The van der Waals surface area contributed by atoms with Crippen LogP contribution in [0.2, 0.25) is 0 Å². The largest absolute Gasteiger partial charge is 0.507 e. The molecule has 1 unspecified atom stereocenters. The van der Waals surface area contributed by atoms with E-state index in [0.717, 1.165) is 5.56 Å². The first-order valence-electron chi connectivity index (χ1n) is 12.0. The van der Waals surface area contributed by atoms with E-state index < -0.39 is 23.7 Å². The molecule has 7 heteroatoms. The summed E-state index contributed by atoms with van der Waals surface area (Å²) in [6.45, 7) is 6.11. The average Bonchev–Trinajstić information content (AvgIpc) is 3.17. The van der Waals surface area contributed by atoms with Gasteiger partial charge in [-0.15, -0.1) is 0 Å². The number of ketones is 1. The van der Waals surface area contributed by atoms with Crippen LogP contribution in [0.1, 0.15) is 46.9 Å². The number of Topliss-reactive ketones (excluding diaryl/α,β-unsaturated/α-hetero) is 1. The highest BCUT2D eigenvalue weighted by Gasteiger charge is 2.47. The minimum absolute atomic E-state index is 0.0128. The Morgan fingerprint density at radius 1 is 0.973 bits per heavy atom. The summed E-state index contributed by atoms with van der Waals surface area (Å²) in [5.41, 5.74) is 2.75. The number of carbonyl (C=O) groups excluding carboxylic acids is 3. The first kappa shape index (κ1) is 25.7. The van der Waals surface area contributed by atoms with Gasteiger partial charge in [-0.25, -0.2) is 4.79 Å². The van der Waals surface area contributed by atoms with Crippen LogP contribution in [0, 0.1) is 12.8 Å². The predicted octanol–water partition coefficient (Wildman–Crippen LogP) is 5.44. The molecule has 0 spiro atoms.